The first-order valence-corrected chi connectivity index (χ1v) is 12.1. The molecule has 2 aromatic carbocycles. The van der Waals surface area contributed by atoms with Crippen molar-refractivity contribution >= 4 is 11.6 Å². The summed E-state index contributed by atoms with van der Waals surface area (Å²) in [5, 5.41) is 0. The number of likely N-dealkylation sites (N-methyl/N-ethyl adjacent to an activating group) is 1. The van der Waals surface area contributed by atoms with Crippen LogP contribution in [0.25, 0.3) is 0 Å². The van der Waals surface area contributed by atoms with Crippen LogP contribution in [-0.4, -0.2) is 46.6 Å². The second-order valence-corrected chi connectivity index (χ2v) is 8.31. The number of rotatable bonds is 12. The number of hydrogen-bond donors (Lipinski definition) is 1. The Kier molecular flexibility index (Phi) is 9.08. The lowest BCUT2D eigenvalue weighted by Gasteiger charge is -2.22. The van der Waals surface area contributed by atoms with Gasteiger partial charge in [-0.25, -0.2) is 4.79 Å². The van der Waals surface area contributed by atoms with Gasteiger partial charge >= 0.3 is 5.69 Å². The molecule has 0 aliphatic rings. The molecule has 9 heteroatoms. The molecular formula is C27H34N4O5. The zero-order chi connectivity index (χ0) is 26.2. The SMILES string of the molecule is CCOc1ccc(CN(CC)CC(=O)c2c(N)n(Cc3ccccc3)c(=O)n(CC)c2=O)cc1OC. The zero-order valence-electron chi connectivity index (χ0n) is 21.3. The van der Waals surface area contributed by atoms with Crippen LogP contribution >= 0.6 is 0 Å². The van der Waals surface area contributed by atoms with Gasteiger partial charge < -0.3 is 15.2 Å². The highest BCUT2D eigenvalue weighted by atomic mass is 16.5. The second kappa shape index (κ2) is 12.2. The van der Waals surface area contributed by atoms with E-state index in [-0.39, 0.29) is 31.0 Å². The van der Waals surface area contributed by atoms with Gasteiger partial charge in [-0.2, -0.15) is 0 Å². The minimum atomic E-state index is -0.659. The van der Waals surface area contributed by atoms with Crippen molar-refractivity contribution in [3.8, 4) is 11.5 Å². The lowest BCUT2D eigenvalue weighted by Crippen LogP contribution is -2.45. The molecule has 0 aliphatic carbocycles. The molecule has 0 spiro atoms. The molecule has 1 heterocycles. The Balaban J connectivity index is 1.91. The van der Waals surface area contributed by atoms with Crippen LogP contribution in [0.15, 0.2) is 58.1 Å². The van der Waals surface area contributed by atoms with Crippen molar-refractivity contribution < 1.29 is 14.3 Å². The van der Waals surface area contributed by atoms with Crippen molar-refractivity contribution in [2.75, 3.05) is 32.5 Å². The van der Waals surface area contributed by atoms with Crippen LogP contribution in [0.1, 0.15) is 42.3 Å². The number of carbonyl (C=O) groups is 1. The van der Waals surface area contributed by atoms with E-state index in [1.54, 1.807) is 14.0 Å². The van der Waals surface area contributed by atoms with Crippen molar-refractivity contribution in [2.45, 2.75) is 40.4 Å². The van der Waals surface area contributed by atoms with Crippen LogP contribution in [0.5, 0.6) is 11.5 Å². The van der Waals surface area contributed by atoms with Gasteiger partial charge in [0.2, 0.25) is 0 Å². The van der Waals surface area contributed by atoms with E-state index < -0.39 is 17.0 Å². The molecule has 2 N–H and O–H groups in total. The predicted octanol–water partition coefficient (Wildman–Crippen LogP) is 2.77. The molecule has 192 valence electrons. The van der Waals surface area contributed by atoms with E-state index in [4.69, 9.17) is 15.2 Å². The van der Waals surface area contributed by atoms with Gasteiger partial charge in [0.25, 0.3) is 5.56 Å². The maximum Gasteiger partial charge on any atom is 0.332 e. The molecule has 3 aromatic rings. The Bertz CT molecular complexity index is 1310. The van der Waals surface area contributed by atoms with Crippen LogP contribution in [0.4, 0.5) is 5.82 Å². The molecule has 9 nitrogen and oxygen atoms in total. The Hall–Kier alpha value is -3.85. The maximum absolute atomic E-state index is 13.4. The lowest BCUT2D eigenvalue weighted by molar-refractivity contribution is 0.0927. The molecule has 0 bridgehead atoms. The molecule has 3 rings (SSSR count). The molecule has 0 unspecified atom stereocenters. The number of Topliss-reactive ketones (excluding diaryl/α,β-unsaturated/α-hetero) is 1. The Morgan fingerprint density at radius 3 is 2.31 bits per heavy atom. The maximum atomic E-state index is 13.4. The number of nitrogens with zero attached hydrogens (tertiary/aromatic N) is 3. The zero-order valence-corrected chi connectivity index (χ0v) is 21.3. The normalized spacial score (nSPS) is 11.0. The van der Waals surface area contributed by atoms with Crippen molar-refractivity contribution in [1.29, 1.82) is 0 Å². The van der Waals surface area contributed by atoms with Crippen molar-refractivity contribution in [2.24, 2.45) is 0 Å². The summed E-state index contributed by atoms with van der Waals surface area (Å²) in [5.74, 6) is 0.722. The van der Waals surface area contributed by atoms with E-state index >= 15 is 0 Å². The van der Waals surface area contributed by atoms with Crippen molar-refractivity contribution in [3.63, 3.8) is 0 Å². The minimum Gasteiger partial charge on any atom is -0.493 e. The fraction of sp³-hybridized carbons (Fsp3) is 0.370. The monoisotopic (exact) mass is 494 g/mol. The number of ketones is 1. The first-order chi connectivity index (χ1) is 17.3. The van der Waals surface area contributed by atoms with E-state index in [9.17, 15) is 14.4 Å². The molecule has 0 aliphatic heterocycles. The van der Waals surface area contributed by atoms with Gasteiger partial charge in [0, 0.05) is 13.1 Å². The average molecular weight is 495 g/mol. The second-order valence-electron chi connectivity index (χ2n) is 8.31. The number of methoxy groups -OCH3 is 1. The number of nitrogen functional groups attached to an aromatic ring is 1. The quantitative estimate of drug-likeness (QED) is 0.386. The molecule has 0 atom stereocenters. The van der Waals surface area contributed by atoms with Crippen LogP contribution in [0, 0.1) is 0 Å². The summed E-state index contributed by atoms with van der Waals surface area (Å²) in [7, 11) is 1.58. The number of ether oxygens (including phenoxy) is 2. The number of aromatic nitrogens is 2. The van der Waals surface area contributed by atoms with E-state index in [1.165, 1.54) is 4.57 Å². The third-order valence-electron chi connectivity index (χ3n) is 5.99. The summed E-state index contributed by atoms with van der Waals surface area (Å²) in [6.07, 6.45) is 0. The predicted molar refractivity (Wildman–Crippen MR) is 140 cm³/mol. The smallest absolute Gasteiger partial charge is 0.332 e. The third kappa shape index (κ3) is 5.85. The van der Waals surface area contributed by atoms with Crippen LogP contribution in [-0.2, 0) is 19.6 Å². The van der Waals surface area contributed by atoms with E-state index in [2.05, 4.69) is 0 Å². The van der Waals surface area contributed by atoms with Crippen LogP contribution in [0.3, 0.4) is 0 Å². The minimum absolute atomic E-state index is 0.0290. The fourth-order valence-electron chi connectivity index (χ4n) is 4.08. The van der Waals surface area contributed by atoms with Gasteiger partial charge in [-0.3, -0.25) is 23.6 Å². The molecule has 0 fully saturated rings. The molecule has 36 heavy (non-hydrogen) atoms. The van der Waals surface area contributed by atoms with E-state index in [0.29, 0.717) is 31.2 Å². The number of nitrogens with two attached hydrogens (primary N) is 1. The van der Waals surface area contributed by atoms with Gasteiger partial charge in [-0.1, -0.05) is 43.3 Å². The highest BCUT2D eigenvalue weighted by Crippen LogP contribution is 2.28. The van der Waals surface area contributed by atoms with Crippen molar-refractivity contribution in [1.82, 2.24) is 14.0 Å². The van der Waals surface area contributed by atoms with E-state index in [1.807, 2.05) is 67.3 Å². The summed E-state index contributed by atoms with van der Waals surface area (Å²) in [6.45, 7) is 7.34. The number of carbonyl (C=O) groups excluding carboxylic acids is 1. The summed E-state index contributed by atoms with van der Waals surface area (Å²) in [6, 6.07) is 14.9. The summed E-state index contributed by atoms with van der Waals surface area (Å²) in [5.41, 5.74) is 6.71. The highest BCUT2D eigenvalue weighted by molar-refractivity contribution is 6.01. The van der Waals surface area contributed by atoms with Crippen molar-refractivity contribution in [3.05, 3.63) is 86.1 Å². The molecule has 1 aromatic heterocycles. The molecule has 0 amide bonds. The highest BCUT2D eigenvalue weighted by Gasteiger charge is 2.24. The average Bonchev–Trinajstić information content (AvgIpc) is 2.88. The molecule has 0 radical (unpaired) electrons. The van der Waals surface area contributed by atoms with Gasteiger partial charge in [0.05, 0.1) is 26.8 Å². The Labute approximate surface area is 210 Å². The summed E-state index contributed by atoms with van der Waals surface area (Å²) >= 11 is 0. The van der Waals surface area contributed by atoms with Crippen LogP contribution < -0.4 is 26.5 Å². The topological polar surface area (TPSA) is 109 Å². The number of hydrogen-bond acceptors (Lipinski definition) is 7. The van der Waals surface area contributed by atoms with E-state index in [0.717, 1.165) is 15.7 Å². The molecule has 0 saturated carbocycles. The van der Waals surface area contributed by atoms with Gasteiger partial charge in [-0.05, 0) is 43.7 Å². The molecule has 0 saturated heterocycles. The number of anilines is 1. The molecular weight excluding hydrogens is 460 g/mol. The Morgan fingerprint density at radius 1 is 0.972 bits per heavy atom. The Morgan fingerprint density at radius 2 is 1.69 bits per heavy atom. The fourth-order valence-corrected chi connectivity index (χ4v) is 4.08. The van der Waals surface area contributed by atoms with Gasteiger partial charge in [0.15, 0.2) is 17.3 Å². The first kappa shape index (κ1) is 26.7. The first-order valence-electron chi connectivity index (χ1n) is 12.1. The van der Waals surface area contributed by atoms with Gasteiger partial charge in [0.1, 0.15) is 11.4 Å². The van der Waals surface area contributed by atoms with Crippen LogP contribution in [0.2, 0.25) is 0 Å². The summed E-state index contributed by atoms with van der Waals surface area (Å²) in [4.78, 5) is 41.4. The lowest BCUT2D eigenvalue weighted by atomic mass is 10.1. The summed E-state index contributed by atoms with van der Waals surface area (Å²) < 4.78 is 13.4. The number of benzene rings is 2. The third-order valence-corrected chi connectivity index (χ3v) is 5.99. The largest absolute Gasteiger partial charge is 0.493 e. The van der Waals surface area contributed by atoms with Gasteiger partial charge in [-0.15, -0.1) is 0 Å². The standard InChI is InChI=1S/C27H34N4O5/c1-5-29(16-20-13-14-22(36-7-3)23(15-20)35-4)18-21(32)24-25(28)31(17-19-11-9-8-10-12-19)27(34)30(6-2)26(24)33/h8-15H,5-7,16-18,28H2,1-4H3.